The molecule has 1 unspecified atom stereocenters. The van der Waals surface area contributed by atoms with E-state index in [0.717, 1.165) is 0 Å². The SMILES string of the molecule is C#CCN(C(=O)CNC)C1CCS(=O)(=O)C1. The van der Waals surface area contributed by atoms with Gasteiger partial charge in [-0.05, 0) is 13.5 Å². The monoisotopic (exact) mass is 244 g/mol. The minimum atomic E-state index is -2.99. The van der Waals surface area contributed by atoms with Crippen LogP contribution in [-0.4, -0.2) is 56.9 Å². The van der Waals surface area contributed by atoms with Crippen LogP contribution in [0.2, 0.25) is 0 Å². The van der Waals surface area contributed by atoms with Crippen LogP contribution in [-0.2, 0) is 14.6 Å². The van der Waals surface area contributed by atoms with Crippen molar-refractivity contribution in [3.05, 3.63) is 0 Å². The van der Waals surface area contributed by atoms with Gasteiger partial charge in [-0.25, -0.2) is 8.42 Å². The van der Waals surface area contributed by atoms with Gasteiger partial charge in [-0.2, -0.15) is 0 Å². The van der Waals surface area contributed by atoms with Crippen molar-refractivity contribution in [2.45, 2.75) is 12.5 Å². The number of hydrogen-bond acceptors (Lipinski definition) is 4. The van der Waals surface area contributed by atoms with Gasteiger partial charge < -0.3 is 10.2 Å². The maximum Gasteiger partial charge on any atom is 0.237 e. The van der Waals surface area contributed by atoms with Gasteiger partial charge in [0.1, 0.15) is 0 Å². The quantitative estimate of drug-likeness (QED) is 0.635. The molecule has 1 saturated heterocycles. The topological polar surface area (TPSA) is 66.5 Å². The first kappa shape index (κ1) is 13.0. The minimum Gasteiger partial charge on any atom is -0.326 e. The van der Waals surface area contributed by atoms with Crippen LogP contribution in [0.5, 0.6) is 0 Å². The number of nitrogens with zero attached hydrogens (tertiary/aromatic N) is 1. The van der Waals surface area contributed by atoms with Gasteiger partial charge in [0.15, 0.2) is 9.84 Å². The van der Waals surface area contributed by atoms with E-state index in [-0.39, 0.29) is 36.5 Å². The van der Waals surface area contributed by atoms with Crippen LogP contribution in [0.3, 0.4) is 0 Å². The van der Waals surface area contributed by atoms with E-state index in [4.69, 9.17) is 6.42 Å². The summed E-state index contributed by atoms with van der Waals surface area (Å²) in [5.74, 6) is 2.42. The fourth-order valence-corrected chi connectivity index (χ4v) is 3.52. The summed E-state index contributed by atoms with van der Waals surface area (Å²) < 4.78 is 22.6. The number of likely N-dealkylation sites (N-methyl/N-ethyl adjacent to an activating group) is 1. The van der Waals surface area contributed by atoms with Crippen LogP contribution in [0.25, 0.3) is 0 Å². The van der Waals surface area contributed by atoms with Gasteiger partial charge in [0.2, 0.25) is 5.91 Å². The molecule has 1 N–H and O–H groups in total. The number of sulfone groups is 1. The molecule has 0 radical (unpaired) electrons. The zero-order chi connectivity index (χ0) is 12.2. The van der Waals surface area contributed by atoms with Crippen LogP contribution in [0.4, 0.5) is 0 Å². The van der Waals surface area contributed by atoms with Gasteiger partial charge in [0.05, 0.1) is 24.6 Å². The standard InChI is InChI=1S/C10H16N2O3S/c1-3-5-12(10(13)7-11-2)9-4-6-16(14,15)8-9/h1,9,11H,4-8H2,2H3. The highest BCUT2D eigenvalue weighted by atomic mass is 32.2. The van der Waals surface area contributed by atoms with Crippen molar-refractivity contribution in [1.82, 2.24) is 10.2 Å². The van der Waals surface area contributed by atoms with Gasteiger partial charge >= 0.3 is 0 Å². The summed E-state index contributed by atoms with van der Waals surface area (Å²) in [7, 11) is -1.33. The molecule has 0 spiro atoms. The van der Waals surface area contributed by atoms with E-state index in [9.17, 15) is 13.2 Å². The molecule has 0 aromatic carbocycles. The number of carbonyl (C=O) groups is 1. The molecule has 0 aliphatic carbocycles. The third-order valence-corrected chi connectivity index (χ3v) is 4.31. The summed E-state index contributed by atoms with van der Waals surface area (Å²) in [6.07, 6.45) is 5.67. The first-order valence-corrected chi connectivity index (χ1v) is 6.90. The molecule has 1 aliphatic rings. The molecule has 0 saturated carbocycles. The molecular weight excluding hydrogens is 228 g/mol. The van der Waals surface area contributed by atoms with Crippen LogP contribution in [0, 0.1) is 12.3 Å². The number of amides is 1. The molecule has 1 atom stereocenters. The lowest BCUT2D eigenvalue weighted by Gasteiger charge is -2.26. The Morgan fingerprint density at radius 2 is 2.31 bits per heavy atom. The van der Waals surface area contributed by atoms with Gasteiger partial charge in [0, 0.05) is 6.04 Å². The average molecular weight is 244 g/mol. The van der Waals surface area contributed by atoms with E-state index in [2.05, 4.69) is 11.2 Å². The summed E-state index contributed by atoms with van der Waals surface area (Å²) >= 11 is 0. The molecule has 1 amide bonds. The van der Waals surface area contributed by atoms with Crippen molar-refractivity contribution in [3.8, 4) is 12.3 Å². The fourth-order valence-electron chi connectivity index (χ4n) is 1.79. The van der Waals surface area contributed by atoms with Crippen LogP contribution < -0.4 is 5.32 Å². The molecule has 0 aromatic rings. The Morgan fingerprint density at radius 1 is 1.62 bits per heavy atom. The van der Waals surface area contributed by atoms with Crippen LogP contribution in [0.15, 0.2) is 0 Å². The Hall–Kier alpha value is -1.06. The molecule has 1 aliphatic heterocycles. The highest BCUT2D eigenvalue weighted by Gasteiger charge is 2.33. The molecule has 5 nitrogen and oxygen atoms in total. The van der Waals surface area contributed by atoms with Gasteiger partial charge in [-0.1, -0.05) is 5.92 Å². The molecule has 16 heavy (non-hydrogen) atoms. The van der Waals surface area contributed by atoms with Crippen LogP contribution in [0.1, 0.15) is 6.42 Å². The van der Waals surface area contributed by atoms with E-state index in [1.54, 1.807) is 7.05 Å². The minimum absolute atomic E-state index is 0.0319. The predicted molar refractivity (Wildman–Crippen MR) is 61.5 cm³/mol. The Balaban J connectivity index is 2.72. The molecular formula is C10H16N2O3S. The third-order valence-electron chi connectivity index (χ3n) is 2.56. The fraction of sp³-hybridized carbons (Fsp3) is 0.700. The summed E-state index contributed by atoms with van der Waals surface area (Å²) in [6.45, 7) is 0.346. The van der Waals surface area contributed by atoms with E-state index < -0.39 is 9.84 Å². The average Bonchev–Trinajstić information content (AvgIpc) is 2.55. The normalized spacial score (nSPS) is 22.6. The summed E-state index contributed by atoms with van der Waals surface area (Å²) in [5.41, 5.74) is 0. The Bertz CT molecular complexity index is 397. The zero-order valence-corrected chi connectivity index (χ0v) is 10.1. The Kier molecular flexibility index (Phi) is 4.33. The van der Waals surface area contributed by atoms with Gasteiger partial charge in [-0.3, -0.25) is 4.79 Å². The Morgan fingerprint density at radius 3 is 2.75 bits per heavy atom. The van der Waals surface area contributed by atoms with E-state index >= 15 is 0 Å². The van der Waals surface area contributed by atoms with E-state index in [0.29, 0.717) is 6.42 Å². The smallest absolute Gasteiger partial charge is 0.237 e. The Labute approximate surface area is 96.1 Å². The molecule has 0 aromatic heterocycles. The molecule has 90 valence electrons. The van der Waals surface area contributed by atoms with E-state index in [1.165, 1.54) is 4.90 Å². The first-order chi connectivity index (χ1) is 7.50. The first-order valence-electron chi connectivity index (χ1n) is 5.08. The maximum absolute atomic E-state index is 11.7. The van der Waals surface area contributed by atoms with Crippen LogP contribution >= 0.6 is 0 Å². The molecule has 6 heteroatoms. The number of hydrogen-bond donors (Lipinski definition) is 1. The summed E-state index contributed by atoms with van der Waals surface area (Å²) in [6, 6.07) is -0.262. The maximum atomic E-state index is 11.7. The zero-order valence-electron chi connectivity index (χ0n) is 9.27. The lowest BCUT2D eigenvalue weighted by Crippen LogP contribution is -2.44. The number of nitrogens with one attached hydrogen (secondary N) is 1. The lowest BCUT2D eigenvalue weighted by atomic mass is 10.2. The van der Waals surface area contributed by atoms with Crippen molar-refractivity contribution in [2.75, 3.05) is 31.6 Å². The lowest BCUT2D eigenvalue weighted by molar-refractivity contribution is -0.131. The van der Waals surface area contributed by atoms with Crippen molar-refractivity contribution < 1.29 is 13.2 Å². The van der Waals surface area contributed by atoms with Crippen molar-refractivity contribution in [2.24, 2.45) is 0 Å². The molecule has 0 bridgehead atoms. The highest BCUT2D eigenvalue weighted by Crippen LogP contribution is 2.17. The number of carbonyl (C=O) groups excluding carboxylic acids is 1. The molecule has 1 heterocycles. The predicted octanol–water partition coefficient (Wildman–Crippen LogP) is -1.15. The largest absolute Gasteiger partial charge is 0.326 e. The van der Waals surface area contributed by atoms with Crippen molar-refractivity contribution >= 4 is 15.7 Å². The van der Waals surface area contributed by atoms with Crippen molar-refractivity contribution in [3.63, 3.8) is 0 Å². The number of rotatable bonds is 4. The second-order valence-corrected chi connectivity index (χ2v) is 6.04. The molecule has 1 rings (SSSR count). The number of terminal acetylenes is 1. The molecule has 1 fully saturated rings. The highest BCUT2D eigenvalue weighted by molar-refractivity contribution is 7.91. The summed E-state index contributed by atoms with van der Waals surface area (Å²) in [5, 5.41) is 2.74. The third kappa shape index (κ3) is 3.22. The van der Waals surface area contributed by atoms with Gasteiger partial charge in [-0.15, -0.1) is 6.42 Å². The second kappa shape index (κ2) is 5.32. The second-order valence-electron chi connectivity index (χ2n) is 3.81. The van der Waals surface area contributed by atoms with E-state index in [1.807, 2.05) is 0 Å². The summed E-state index contributed by atoms with van der Waals surface area (Å²) in [4.78, 5) is 13.2. The van der Waals surface area contributed by atoms with Crippen molar-refractivity contribution in [1.29, 1.82) is 0 Å². The van der Waals surface area contributed by atoms with Gasteiger partial charge in [0.25, 0.3) is 0 Å².